The predicted octanol–water partition coefficient (Wildman–Crippen LogP) is -0.638. The normalized spacial score (nSPS) is 10.1. The molecule has 1 aromatic rings. The Balaban J connectivity index is 3.01. The second-order valence-electron chi connectivity index (χ2n) is 2.75. The molecule has 0 radical (unpaired) electrons. The molecule has 1 aromatic heterocycles. The lowest BCUT2D eigenvalue weighted by molar-refractivity contribution is -0.144. The minimum absolute atomic E-state index is 0.109. The highest BCUT2D eigenvalue weighted by Crippen LogP contribution is 1.93. The van der Waals surface area contributed by atoms with Crippen LogP contribution in [0.2, 0.25) is 0 Å². The van der Waals surface area contributed by atoms with E-state index in [0.717, 1.165) is 10.8 Å². The van der Waals surface area contributed by atoms with Gasteiger partial charge in [0, 0.05) is 13.5 Å². The maximum Gasteiger partial charge on any atom is 0.304 e. The molecule has 0 spiro atoms. The van der Waals surface area contributed by atoms with Crippen molar-refractivity contribution in [1.29, 1.82) is 0 Å². The minimum atomic E-state index is -0.845. The van der Waals surface area contributed by atoms with Crippen LogP contribution in [-0.4, -0.2) is 15.5 Å². The van der Waals surface area contributed by atoms with Gasteiger partial charge in [-0.05, 0) is 0 Å². The summed E-state index contributed by atoms with van der Waals surface area (Å²) in [5.74, 6) is -1.41. The number of ether oxygens (including phenoxy) is 1. The zero-order chi connectivity index (χ0) is 11.4. The van der Waals surface area contributed by atoms with Gasteiger partial charge < -0.3 is 10.5 Å². The number of nitrogens with two attached hydrogens (primary N) is 1. The standard InChI is InChI=1S/C8H10FN3O3/c1-5(13)15-4-12-3-7(9)11-6(2-10)8(12)14/h3H,2,4,10H2,1H3. The van der Waals surface area contributed by atoms with E-state index in [-0.39, 0.29) is 19.0 Å². The largest absolute Gasteiger partial charge is 0.444 e. The summed E-state index contributed by atoms with van der Waals surface area (Å²) in [5.41, 5.74) is 4.52. The summed E-state index contributed by atoms with van der Waals surface area (Å²) < 4.78 is 18.3. The number of carbonyl (C=O) groups is 1. The molecule has 1 rings (SSSR count). The SMILES string of the molecule is CC(=O)OCn1cc(F)nc(CN)c1=O. The van der Waals surface area contributed by atoms with Crippen LogP contribution < -0.4 is 11.3 Å². The Morgan fingerprint density at radius 3 is 2.93 bits per heavy atom. The van der Waals surface area contributed by atoms with Gasteiger partial charge in [-0.25, -0.2) is 4.98 Å². The van der Waals surface area contributed by atoms with Crippen LogP contribution in [0.25, 0.3) is 0 Å². The molecule has 0 bridgehead atoms. The fraction of sp³-hybridized carbons (Fsp3) is 0.375. The number of carbonyl (C=O) groups excluding carboxylic acids is 1. The zero-order valence-corrected chi connectivity index (χ0v) is 8.07. The molecule has 6 nitrogen and oxygen atoms in total. The van der Waals surface area contributed by atoms with Crippen LogP contribution in [0.3, 0.4) is 0 Å². The molecular formula is C8H10FN3O3. The summed E-state index contributed by atoms with van der Waals surface area (Å²) in [4.78, 5) is 25.2. The van der Waals surface area contributed by atoms with Gasteiger partial charge in [0.05, 0.1) is 6.20 Å². The lowest BCUT2D eigenvalue weighted by atomic mass is 10.4. The highest BCUT2D eigenvalue weighted by molar-refractivity contribution is 5.65. The summed E-state index contributed by atoms with van der Waals surface area (Å²) in [6, 6.07) is 0. The molecule has 0 fully saturated rings. The Bertz CT molecular complexity index is 430. The van der Waals surface area contributed by atoms with E-state index in [2.05, 4.69) is 9.72 Å². The van der Waals surface area contributed by atoms with Crippen molar-refractivity contribution >= 4 is 5.97 Å². The fourth-order valence-electron chi connectivity index (χ4n) is 0.948. The number of aromatic nitrogens is 2. The third kappa shape index (κ3) is 2.84. The predicted molar refractivity (Wildman–Crippen MR) is 48.1 cm³/mol. The molecular weight excluding hydrogens is 205 g/mol. The molecule has 15 heavy (non-hydrogen) atoms. The molecule has 2 N–H and O–H groups in total. The molecule has 7 heteroatoms. The molecule has 0 aliphatic rings. The molecule has 0 aliphatic carbocycles. The van der Waals surface area contributed by atoms with Crippen LogP contribution in [0.1, 0.15) is 12.6 Å². The van der Waals surface area contributed by atoms with Gasteiger partial charge >= 0.3 is 5.97 Å². The van der Waals surface area contributed by atoms with Crippen LogP contribution in [0, 0.1) is 5.95 Å². The molecule has 82 valence electrons. The van der Waals surface area contributed by atoms with Gasteiger partial charge in [0.25, 0.3) is 5.56 Å². The average Bonchev–Trinajstić information content (AvgIpc) is 2.18. The number of halogens is 1. The smallest absolute Gasteiger partial charge is 0.304 e. The lowest BCUT2D eigenvalue weighted by Crippen LogP contribution is -2.28. The first kappa shape index (κ1) is 11.3. The van der Waals surface area contributed by atoms with Crippen molar-refractivity contribution in [1.82, 2.24) is 9.55 Å². The van der Waals surface area contributed by atoms with Crippen LogP contribution in [0.5, 0.6) is 0 Å². The molecule has 0 aromatic carbocycles. The Morgan fingerprint density at radius 1 is 1.73 bits per heavy atom. The lowest BCUT2D eigenvalue weighted by Gasteiger charge is -2.06. The van der Waals surface area contributed by atoms with Crippen LogP contribution in [0.4, 0.5) is 4.39 Å². The highest BCUT2D eigenvalue weighted by Gasteiger charge is 2.07. The minimum Gasteiger partial charge on any atom is -0.444 e. The second-order valence-corrected chi connectivity index (χ2v) is 2.75. The van der Waals surface area contributed by atoms with Crippen molar-refractivity contribution < 1.29 is 13.9 Å². The Hall–Kier alpha value is -1.76. The van der Waals surface area contributed by atoms with Gasteiger partial charge in [0.1, 0.15) is 5.69 Å². The van der Waals surface area contributed by atoms with Crippen LogP contribution in [-0.2, 0) is 22.8 Å². The highest BCUT2D eigenvalue weighted by atomic mass is 19.1. The van der Waals surface area contributed by atoms with Crippen molar-refractivity contribution in [2.24, 2.45) is 5.73 Å². The maximum atomic E-state index is 12.9. The third-order valence-electron chi connectivity index (χ3n) is 1.61. The Kier molecular flexibility index (Phi) is 3.51. The van der Waals surface area contributed by atoms with E-state index in [1.807, 2.05) is 0 Å². The van der Waals surface area contributed by atoms with Crippen molar-refractivity contribution in [2.75, 3.05) is 0 Å². The first-order valence-corrected chi connectivity index (χ1v) is 4.14. The summed E-state index contributed by atoms with van der Waals surface area (Å²) >= 11 is 0. The quantitative estimate of drug-likeness (QED) is 0.678. The topological polar surface area (TPSA) is 87.2 Å². The van der Waals surface area contributed by atoms with Gasteiger partial charge in [-0.3, -0.25) is 14.2 Å². The summed E-state index contributed by atoms with van der Waals surface area (Å²) in [6.45, 7) is 0.670. The van der Waals surface area contributed by atoms with Gasteiger partial charge in [0.2, 0.25) is 5.95 Å². The Morgan fingerprint density at radius 2 is 2.40 bits per heavy atom. The number of nitrogens with zero attached hydrogens (tertiary/aromatic N) is 2. The fourth-order valence-corrected chi connectivity index (χ4v) is 0.948. The van der Waals surface area contributed by atoms with Crippen molar-refractivity contribution in [3.05, 3.63) is 28.2 Å². The van der Waals surface area contributed by atoms with E-state index in [4.69, 9.17) is 5.73 Å². The van der Waals surface area contributed by atoms with E-state index < -0.39 is 17.5 Å². The number of rotatable bonds is 3. The molecule has 0 atom stereocenters. The molecule has 0 aliphatic heterocycles. The maximum absolute atomic E-state index is 12.9. The van der Waals surface area contributed by atoms with Gasteiger partial charge in [0.15, 0.2) is 6.73 Å². The molecule has 0 saturated carbocycles. The number of hydrogen-bond donors (Lipinski definition) is 1. The first-order valence-electron chi connectivity index (χ1n) is 4.14. The van der Waals surface area contributed by atoms with E-state index in [9.17, 15) is 14.0 Å². The second kappa shape index (κ2) is 4.65. The molecule has 0 amide bonds. The molecule has 1 heterocycles. The van der Waals surface area contributed by atoms with E-state index in [1.54, 1.807) is 0 Å². The van der Waals surface area contributed by atoms with Crippen LogP contribution in [0.15, 0.2) is 11.0 Å². The zero-order valence-electron chi connectivity index (χ0n) is 8.07. The number of hydrogen-bond acceptors (Lipinski definition) is 5. The van der Waals surface area contributed by atoms with E-state index in [1.165, 1.54) is 6.92 Å². The van der Waals surface area contributed by atoms with Crippen molar-refractivity contribution in [3.63, 3.8) is 0 Å². The molecule has 0 saturated heterocycles. The van der Waals surface area contributed by atoms with Crippen molar-refractivity contribution in [2.45, 2.75) is 20.2 Å². The summed E-state index contributed by atoms with van der Waals surface area (Å²) in [6.07, 6.45) is 0.852. The Labute approximate surface area is 84.5 Å². The first-order chi connectivity index (χ1) is 7.04. The van der Waals surface area contributed by atoms with Crippen molar-refractivity contribution in [3.8, 4) is 0 Å². The van der Waals surface area contributed by atoms with Gasteiger partial charge in [-0.2, -0.15) is 4.39 Å². The van der Waals surface area contributed by atoms with Crippen LogP contribution >= 0.6 is 0 Å². The van der Waals surface area contributed by atoms with Gasteiger partial charge in [-0.1, -0.05) is 0 Å². The van der Waals surface area contributed by atoms with Gasteiger partial charge in [-0.15, -0.1) is 0 Å². The third-order valence-corrected chi connectivity index (χ3v) is 1.61. The summed E-state index contributed by atoms with van der Waals surface area (Å²) in [7, 11) is 0. The summed E-state index contributed by atoms with van der Waals surface area (Å²) in [5, 5.41) is 0. The monoisotopic (exact) mass is 215 g/mol. The average molecular weight is 215 g/mol. The molecule has 0 unspecified atom stereocenters. The van der Waals surface area contributed by atoms with E-state index >= 15 is 0 Å². The van der Waals surface area contributed by atoms with E-state index in [0.29, 0.717) is 0 Å². The number of esters is 1.